The zero-order chi connectivity index (χ0) is 16.3. The molecule has 2 aromatic rings. The molecule has 0 amide bonds. The lowest BCUT2D eigenvalue weighted by atomic mass is 10.1. The van der Waals surface area contributed by atoms with Crippen molar-refractivity contribution in [1.29, 1.82) is 0 Å². The molecule has 118 valence electrons. The molecule has 0 radical (unpaired) electrons. The van der Waals surface area contributed by atoms with E-state index < -0.39 is 0 Å². The SMILES string of the molecule is C=C(C)Cn1c(-c2cc(OC)c(OC)c(OC)c2)n[nH]c1=S. The highest BCUT2D eigenvalue weighted by atomic mass is 32.1. The summed E-state index contributed by atoms with van der Waals surface area (Å²) in [6.45, 7) is 6.45. The highest BCUT2D eigenvalue weighted by molar-refractivity contribution is 7.71. The predicted molar refractivity (Wildman–Crippen MR) is 87.3 cm³/mol. The fourth-order valence-corrected chi connectivity index (χ4v) is 2.36. The van der Waals surface area contributed by atoms with Crippen molar-refractivity contribution in [2.75, 3.05) is 21.3 Å². The summed E-state index contributed by atoms with van der Waals surface area (Å²) >= 11 is 5.28. The molecule has 6 nitrogen and oxygen atoms in total. The summed E-state index contributed by atoms with van der Waals surface area (Å²) in [5, 5.41) is 7.10. The summed E-state index contributed by atoms with van der Waals surface area (Å²) in [5.74, 6) is 2.35. The summed E-state index contributed by atoms with van der Waals surface area (Å²) in [6, 6.07) is 3.67. The van der Waals surface area contributed by atoms with Gasteiger partial charge in [0.15, 0.2) is 22.1 Å². The topological polar surface area (TPSA) is 61.3 Å². The number of aromatic nitrogens is 3. The number of hydrogen-bond donors (Lipinski definition) is 1. The number of aromatic amines is 1. The molecule has 7 heteroatoms. The van der Waals surface area contributed by atoms with E-state index in [-0.39, 0.29) is 0 Å². The van der Waals surface area contributed by atoms with Crippen molar-refractivity contribution in [3.05, 3.63) is 29.1 Å². The second kappa shape index (κ2) is 6.65. The molecule has 1 heterocycles. The Kier molecular flexibility index (Phi) is 4.87. The molecule has 0 spiro atoms. The Labute approximate surface area is 134 Å². The van der Waals surface area contributed by atoms with E-state index >= 15 is 0 Å². The number of nitrogens with zero attached hydrogens (tertiary/aromatic N) is 2. The highest BCUT2D eigenvalue weighted by Crippen LogP contribution is 2.40. The van der Waals surface area contributed by atoms with E-state index in [0.29, 0.717) is 34.4 Å². The molecule has 0 saturated heterocycles. The maximum atomic E-state index is 5.37. The van der Waals surface area contributed by atoms with Crippen molar-refractivity contribution in [2.45, 2.75) is 13.5 Å². The normalized spacial score (nSPS) is 10.4. The zero-order valence-electron chi connectivity index (χ0n) is 13.1. The number of ether oxygens (including phenoxy) is 3. The lowest BCUT2D eigenvalue weighted by molar-refractivity contribution is 0.324. The van der Waals surface area contributed by atoms with Crippen LogP contribution in [0.1, 0.15) is 6.92 Å². The van der Waals surface area contributed by atoms with Crippen molar-refractivity contribution in [2.24, 2.45) is 0 Å². The van der Waals surface area contributed by atoms with Crippen LogP contribution in [0.2, 0.25) is 0 Å². The van der Waals surface area contributed by atoms with E-state index in [1.54, 1.807) is 21.3 Å². The summed E-state index contributed by atoms with van der Waals surface area (Å²) in [4.78, 5) is 0. The van der Waals surface area contributed by atoms with Crippen LogP contribution in [0.15, 0.2) is 24.3 Å². The first-order valence-corrected chi connectivity index (χ1v) is 7.02. The number of allylic oxidation sites excluding steroid dienone is 1. The Balaban J connectivity index is 2.63. The van der Waals surface area contributed by atoms with Gasteiger partial charge in [-0.15, -0.1) is 0 Å². The zero-order valence-corrected chi connectivity index (χ0v) is 13.9. The van der Waals surface area contributed by atoms with Crippen molar-refractivity contribution in [3.63, 3.8) is 0 Å². The third kappa shape index (κ3) is 2.99. The van der Waals surface area contributed by atoms with Crippen LogP contribution in [-0.2, 0) is 6.54 Å². The minimum Gasteiger partial charge on any atom is -0.493 e. The molecule has 0 aliphatic heterocycles. The van der Waals surface area contributed by atoms with Crippen molar-refractivity contribution in [1.82, 2.24) is 14.8 Å². The van der Waals surface area contributed by atoms with Gasteiger partial charge in [0.2, 0.25) is 5.75 Å². The molecule has 0 aliphatic carbocycles. The second-order valence-electron chi connectivity index (χ2n) is 4.81. The monoisotopic (exact) mass is 321 g/mol. The summed E-state index contributed by atoms with van der Waals surface area (Å²) in [6.07, 6.45) is 0. The van der Waals surface area contributed by atoms with Crippen molar-refractivity contribution >= 4 is 12.2 Å². The molecule has 0 unspecified atom stereocenters. The van der Waals surface area contributed by atoms with E-state index in [1.165, 1.54) is 0 Å². The number of nitrogens with one attached hydrogen (secondary N) is 1. The molecule has 0 fully saturated rings. The molecular weight excluding hydrogens is 302 g/mol. The first kappa shape index (κ1) is 16.1. The van der Waals surface area contributed by atoms with Gasteiger partial charge < -0.3 is 14.2 Å². The van der Waals surface area contributed by atoms with E-state index in [1.807, 2.05) is 23.6 Å². The Morgan fingerprint density at radius 2 is 1.82 bits per heavy atom. The first-order chi connectivity index (χ1) is 10.5. The van der Waals surface area contributed by atoms with Gasteiger partial charge >= 0.3 is 0 Å². The van der Waals surface area contributed by atoms with Crippen LogP contribution in [0.25, 0.3) is 11.4 Å². The number of rotatable bonds is 6. The molecule has 1 aromatic carbocycles. The molecule has 0 saturated carbocycles. The molecule has 1 N–H and O–H groups in total. The maximum Gasteiger partial charge on any atom is 0.203 e. The van der Waals surface area contributed by atoms with E-state index in [2.05, 4.69) is 16.8 Å². The average molecular weight is 321 g/mol. The Bertz CT molecular complexity index is 724. The molecule has 0 bridgehead atoms. The third-order valence-electron chi connectivity index (χ3n) is 3.11. The molecule has 2 rings (SSSR count). The van der Waals surface area contributed by atoms with Crippen LogP contribution >= 0.6 is 12.2 Å². The lowest BCUT2D eigenvalue weighted by Gasteiger charge is -2.14. The Morgan fingerprint density at radius 1 is 1.23 bits per heavy atom. The van der Waals surface area contributed by atoms with E-state index in [0.717, 1.165) is 11.1 Å². The Hall–Kier alpha value is -2.28. The number of methoxy groups -OCH3 is 3. The quantitative estimate of drug-likeness (QED) is 0.654. The second-order valence-corrected chi connectivity index (χ2v) is 5.20. The van der Waals surface area contributed by atoms with E-state index in [4.69, 9.17) is 26.4 Å². The third-order valence-corrected chi connectivity index (χ3v) is 3.42. The predicted octanol–water partition coefficient (Wildman–Crippen LogP) is 3.21. The summed E-state index contributed by atoms with van der Waals surface area (Å²) in [5.41, 5.74) is 1.79. The summed E-state index contributed by atoms with van der Waals surface area (Å²) in [7, 11) is 4.72. The molecule has 22 heavy (non-hydrogen) atoms. The van der Waals surface area contributed by atoms with E-state index in [9.17, 15) is 0 Å². The minimum atomic E-state index is 0.534. The van der Waals surface area contributed by atoms with Gasteiger partial charge in [0, 0.05) is 12.1 Å². The largest absolute Gasteiger partial charge is 0.493 e. The summed E-state index contributed by atoms with van der Waals surface area (Å²) < 4.78 is 18.5. The van der Waals surface area contributed by atoms with Crippen LogP contribution < -0.4 is 14.2 Å². The fraction of sp³-hybridized carbons (Fsp3) is 0.333. The number of benzene rings is 1. The van der Waals surface area contributed by atoms with Crippen LogP contribution in [0.3, 0.4) is 0 Å². The van der Waals surface area contributed by atoms with Crippen LogP contribution in [0.5, 0.6) is 17.2 Å². The van der Waals surface area contributed by atoms with Gasteiger partial charge in [-0.25, -0.2) is 0 Å². The number of H-pyrrole nitrogens is 1. The van der Waals surface area contributed by atoms with Gasteiger partial charge in [-0.3, -0.25) is 9.67 Å². The standard InChI is InChI=1S/C15H19N3O3S/c1-9(2)8-18-14(16-17-15(18)22)10-6-11(19-3)13(21-5)12(7-10)20-4/h6-7H,1,8H2,2-5H3,(H,17,22). The molecule has 1 aromatic heterocycles. The molecular formula is C15H19N3O3S. The minimum absolute atomic E-state index is 0.534. The Morgan fingerprint density at radius 3 is 2.27 bits per heavy atom. The van der Waals surface area contributed by atoms with Gasteiger partial charge in [0.05, 0.1) is 21.3 Å². The average Bonchev–Trinajstić information content (AvgIpc) is 2.86. The molecule has 0 aliphatic rings. The fourth-order valence-electron chi connectivity index (χ4n) is 2.16. The van der Waals surface area contributed by atoms with Gasteiger partial charge in [-0.1, -0.05) is 12.2 Å². The van der Waals surface area contributed by atoms with Crippen LogP contribution in [0.4, 0.5) is 0 Å². The molecule has 0 atom stereocenters. The first-order valence-electron chi connectivity index (χ1n) is 6.61. The highest BCUT2D eigenvalue weighted by Gasteiger charge is 2.17. The van der Waals surface area contributed by atoms with Gasteiger partial charge in [-0.05, 0) is 31.3 Å². The van der Waals surface area contributed by atoms with Gasteiger partial charge in [0.25, 0.3) is 0 Å². The van der Waals surface area contributed by atoms with Crippen LogP contribution in [0, 0.1) is 4.77 Å². The van der Waals surface area contributed by atoms with Crippen molar-refractivity contribution < 1.29 is 14.2 Å². The maximum absolute atomic E-state index is 5.37. The van der Waals surface area contributed by atoms with Gasteiger partial charge in [-0.2, -0.15) is 5.10 Å². The van der Waals surface area contributed by atoms with Crippen LogP contribution in [-0.4, -0.2) is 36.1 Å². The van der Waals surface area contributed by atoms with Gasteiger partial charge in [0.1, 0.15) is 0 Å². The lowest BCUT2D eigenvalue weighted by Crippen LogP contribution is -2.02. The smallest absolute Gasteiger partial charge is 0.203 e. The van der Waals surface area contributed by atoms with Crippen molar-refractivity contribution in [3.8, 4) is 28.6 Å². The number of hydrogen-bond acceptors (Lipinski definition) is 5.